The average molecular weight is 388 g/mol. The van der Waals surface area contributed by atoms with Crippen molar-refractivity contribution in [2.24, 2.45) is 0 Å². The molecule has 3 heterocycles. The summed E-state index contributed by atoms with van der Waals surface area (Å²) in [5.74, 6) is 0.763. The second-order valence-electron chi connectivity index (χ2n) is 7.77. The lowest BCUT2D eigenvalue weighted by atomic mass is 9.85. The van der Waals surface area contributed by atoms with Crippen LogP contribution in [0.5, 0.6) is 0 Å². The molecule has 29 heavy (non-hydrogen) atoms. The molecule has 2 aliphatic rings. The number of piperazine rings is 1. The normalized spacial score (nSPS) is 24.7. The molecule has 148 valence electrons. The van der Waals surface area contributed by atoms with Crippen molar-refractivity contribution in [2.75, 3.05) is 19.6 Å². The molecule has 5 rings (SSSR count). The number of aryl methyl sites for hydroxylation is 1. The van der Waals surface area contributed by atoms with Crippen molar-refractivity contribution in [1.82, 2.24) is 20.1 Å². The Morgan fingerprint density at radius 1 is 1.14 bits per heavy atom. The van der Waals surface area contributed by atoms with Crippen molar-refractivity contribution in [1.29, 1.82) is 0 Å². The van der Waals surface area contributed by atoms with Crippen LogP contribution >= 0.6 is 0 Å². The second-order valence-corrected chi connectivity index (χ2v) is 7.77. The maximum Gasteiger partial charge on any atom is 0.238 e. The van der Waals surface area contributed by atoms with Gasteiger partial charge >= 0.3 is 0 Å². The lowest BCUT2D eigenvalue weighted by Gasteiger charge is -2.47. The maximum absolute atomic E-state index is 13.1. The van der Waals surface area contributed by atoms with Gasteiger partial charge in [0.1, 0.15) is 11.8 Å². The third-order valence-electron chi connectivity index (χ3n) is 5.96. The van der Waals surface area contributed by atoms with Gasteiger partial charge in [-0.3, -0.25) is 9.69 Å². The van der Waals surface area contributed by atoms with Crippen molar-refractivity contribution >= 4 is 5.91 Å². The van der Waals surface area contributed by atoms with Gasteiger partial charge in [-0.1, -0.05) is 60.7 Å². The lowest BCUT2D eigenvalue weighted by molar-refractivity contribution is -0.128. The third-order valence-corrected chi connectivity index (χ3v) is 5.96. The molecule has 0 radical (unpaired) electrons. The smallest absolute Gasteiger partial charge is 0.238 e. The molecule has 1 N–H and O–H groups in total. The van der Waals surface area contributed by atoms with Crippen LogP contribution in [0.4, 0.5) is 0 Å². The zero-order valence-electron chi connectivity index (χ0n) is 16.4. The number of fused-ring (bicyclic) bond motifs is 1. The first-order valence-electron chi connectivity index (χ1n) is 9.97. The zero-order valence-corrected chi connectivity index (χ0v) is 16.4. The van der Waals surface area contributed by atoms with Crippen LogP contribution in [0.15, 0.2) is 71.3 Å². The highest BCUT2D eigenvalue weighted by Gasteiger charge is 2.55. The molecule has 2 atom stereocenters. The summed E-state index contributed by atoms with van der Waals surface area (Å²) in [5.41, 5.74) is 2.42. The Kier molecular flexibility index (Phi) is 4.45. The van der Waals surface area contributed by atoms with Crippen molar-refractivity contribution in [2.45, 2.75) is 25.2 Å². The highest BCUT2D eigenvalue weighted by molar-refractivity contribution is 5.81. The summed E-state index contributed by atoms with van der Waals surface area (Å²) in [5, 5.41) is 3.55. The first-order chi connectivity index (χ1) is 14.2. The molecule has 2 saturated heterocycles. The highest BCUT2D eigenvalue weighted by Crippen LogP contribution is 2.41. The first-order valence-corrected chi connectivity index (χ1v) is 9.97. The van der Waals surface area contributed by atoms with Crippen molar-refractivity contribution in [3.05, 3.63) is 89.6 Å². The van der Waals surface area contributed by atoms with Crippen LogP contribution in [0.3, 0.4) is 0 Å². The van der Waals surface area contributed by atoms with Gasteiger partial charge < -0.3 is 14.6 Å². The minimum Gasteiger partial charge on any atom is -0.446 e. The van der Waals surface area contributed by atoms with E-state index in [1.165, 1.54) is 0 Å². The number of carbonyl (C=O) groups is 1. The van der Waals surface area contributed by atoms with E-state index in [1.807, 2.05) is 48.2 Å². The molecule has 2 fully saturated rings. The van der Waals surface area contributed by atoms with Gasteiger partial charge in [0, 0.05) is 19.6 Å². The predicted octanol–water partition coefficient (Wildman–Crippen LogP) is 2.50. The lowest BCUT2D eigenvalue weighted by Crippen LogP contribution is -2.64. The van der Waals surface area contributed by atoms with Gasteiger partial charge in [0.15, 0.2) is 0 Å². The van der Waals surface area contributed by atoms with E-state index in [1.54, 1.807) is 6.26 Å². The van der Waals surface area contributed by atoms with E-state index in [9.17, 15) is 4.79 Å². The van der Waals surface area contributed by atoms with E-state index < -0.39 is 5.54 Å². The summed E-state index contributed by atoms with van der Waals surface area (Å²) in [6, 6.07) is 20.4. The Labute approximate surface area is 170 Å². The van der Waals surface area contributed by atoms with Gasteiger partial charge in [-0.15, -0.1) is 0 Å². The second kappa shape index (κ2) is 7.13. The number of carbonyl (C=O) groups excluding carboxylic acids is 1. The molecule has 2 unspecified atom stereocenters. The molecule has 2 aliphatic heterocycles. The van der Waals surface area contributed by atoms with E-state index >= 15 is 0 Å². The van der Waals surface area contributed by atoms with E-state index in [0.29, 0.717) is 32.1 Å². The molecule has 6 nitrogen and oxygen atoms in total. The fourth-order valence-electron chi connectivity index (χ4n) is 4.59. The van der Waals surface area contributed by atoms with Crippen molar-refractivity contribution < 1.29 is 9.21 Å². The fourth-order valence-corrected chi connectivity index (χ4v) is 4.59. The predicted molar refractivity (Wildman–Crippen MR) is 109 cm³/mol. The van der Waals surface area contributed by atoms with Gasteiger partial charge in [-0.2, -0.15) is 0 Å². The Morgan fingerprint density at radius 2 is 1.86 bits per heavy atom. The molecular formula is C23H24N4O2. The van der Waals surface area contributed by atoms with Crippen LogP contribution in [-0.4, -0.2) is 46.5 Å². The zero-order chi connectivity index (χ0) is 19.8. The summed E-state index contributed by atoms with van der Waals surface area (Å²) >= 11 is 0. The monoisotopic (exact) mass is 388 g/mol. The van der Waals surface area contributed by atoms with Gasteiger partial charge in [-0.05, 0) is 18.1 Å². The van der Waals surface area contributed by atoms with Gasteiger partial charge in [0.25, 0.3) is 0 Å². The van der Waals surface area contributed by atoms with Crippen LogP contribution in [0.1, 0.15) is 22.7 Å². The first kappa shape index (κ1) is 18.1. The summed E-state index contributed by atoms with van der Waals surface area (Å²) in [6.45, 7) is 4.22. The number of hydrogen-bond donors (Lipinski definition) is 1. The van der Waals surface area contributed by atoms with Crippen LogP contribution in [-0.2, 0) is 16.9 Å². The van der Waals surface area contributed by atoms with Gasteiger partial charge in [-0.25, -0.2) is 4.98 Å². The minimum absolute atomic E-state index is 0.0659. The van der Waals surface area contributed by atoms with Crippen LogP contribution < -0.4 is 5.32 Å². The number of benzene rings is 2. The molecule has 0 spiro atoms. The van der Waals surface area contributed by atoms with Gasteiger partial charge in [0.2, 0.25) is 11.8 Å². The van der Waals surface area contributed by atoms with E-state index in [0.717, 1.165) is 16.8 Å². The quantitative estimate of drug-likeness (QED) is 0.744. The number of nitrogens with zero attached hydrogens (tertiary/aromatic N) is 3. The third kappa shape index (κ3) is 2.96. The Balaban J connectivity index is 1.58. The molecule has 3 aromatic rings. The number of rotatable bonds is 4. The molecule has 0 aliphatic carbocycles. The molecule has 0 bridgehead atoms. The molecule has 6 heteroatoms. The SMILES string of the molecule is Cc1coc(C2(c3ccccc3)CNCC3N(Cc4ccccc4)C(=O)CN32)n1. The Hall–Kier alpha value is -2.96. The highest BCUT2D eigenvalue weighted by atomic mass is 16.3. The van der Waals surface area contributed by atoms with E-state index in [2.05, 4.69) is 34.5 Å². The molecule has 2 aromatic carbocycles. The number of hydrogen-bond acceptors (Lipinski definition) is 5. The van der Waals surface area contributed by atoms with Crippen LogP contribution in [0.25, 0.3) is 0 Å². The molecule has 0 saturated carbocycles. The fraction of sp³-hybridized carbons (Fsp3) is 0.304. The maximum atomic E-state index is 13.1. The van der Waals surface area contributed by atoms with Crippen molar-refractivity contribution in [3.8, 4) is 0 Å². The summed E-state index contributed by atoms with van der Waals surface area (Å²) in [7, 11) is 0. The Morgan fingerprint density at radius 3 is 2.55 bits per heavy atom. The molecule has 1 aromatic heterocycles. The summed E-state index contributed by atoms with van der Waals surface area (Å²) in [6.07, 6.45) is 1.62. The van der Waals surface area contributed by atoms with Crippen molar-refractivity contribution in [3.63, 3.8) is 0 Å². The largest absolute Gasteiger partial charge is 0.446 e. The van der Waals surface area contributed by atoms with Gasteiger partial charge in [0.05, 0.1) is 18.4 Å². The van der Waals surface area contributed by atoms with E-state index in [-0.39, 0.29) is 12.1 Å². The number of amides is 1. The Bertz CT molecular complexity index is 1000. The number of nitrogens with one attached hydrogen (secondary N) is 1. The van der Waals surface area contributed by atoms with Crippen LogP contribution in [0, 0.1) is 6.92 Å². The summed E-state index contributed by atoms with van der Waals surface area (Å²) in [4.78, 5) is 22.0. The van der Waals surface area contributed by atoms with Crippen LogP contribution in [0.2, 0.25) is 0 Å². The number of oxazole rings is 1. The molecular weight excluding hydrogens is 364 g/mol. The average Bonchev–Trinajstić information content (AvgIpc) is 3.33. The standard InChI is InChI=1S/C23H24N4O2/c1-17-15-29-22(25-17)23(19-10-6-3-7-11-19)16-24-12-20-26(21(28)14-27(20)23)13-18-8-4-2-5-9-18/h2-11,15,20,24H,12-14,16H2,1H3. The molecule has 1 amide bonds. The minimum atomic E-state index is -0.625. The van der Waals surface area contributed by atoms with E-state index in [4.69, 9.17) is 9.40 Å². The summed E-state index contributed by atoms with van der Waals surface area (Å²) < 4.78 is 5.94. The topological polar surface area (TPSA) is 61.6 Å². The number of aromatic nitrogens is 1.